The van der Waals surface area contributed by atoms with Crippen molar-refractivity contribution >= 4 is 33.2 Å². The topological polar surface area (TPSA) is 51.8 Å². The zero-order valence-corrected chi connectivity index (χ0v) is 11.7. The first-order valence-corrected chi connectivity index (χ1v) is 7.17. The van der Waals surface area contributed by atoms with Crippen LogP contribution in [0.4, 0.5) is 0 Å². The normalized spacial score (nSPS) is 12.7. The van der Waals surface area contributed by atoms with Crippen molar-refractivity contribution in [2.75, 3.05) is 0 Å². The van der Waals surface area contributed by atoms with Gasteiger partial charge in [0.1, 0.15) is 0 Å². The van der Waals surface area contributed by atoms with Gasteiger partial charge in [0, 0.05) is 24.6 Å². The minimum absolute atomic E-state index is 0.112. The number of rotatable bonds is 3. The van der Waals surface area contributed by atoms with Gasteiger partial charge in [-0.1, -0.05) is 11.6 Å². The Morgan fingerprint density at radius 3 is 3.05 bits per heavy atom. The van der Waals surface area contributed by atoms with Gasteiger partial charge in [-0.3, -0.25) is 9.97 Å². The average Bonchev–Trinajstić information content (AvgIpc) is 2.88. The quantitative estimate of drug-likeness (QED) is 0.802. The summed E-state index contributed by atoms with van der Waals surface area (Å²) in [6.45, 7) is 0. The van der Waals surface area contributed by atoms with Gasteiger partial charge in [-0.15, -0.1) is 11.3 Å². The Labute approximate surface area is 120 Å². The minimum atomic E-state index is -0.112. The molecule has 0 aliphatic carbocycles. The van der Waals surface area contributed by atoms with Crippen LogP contribution in [0.2, 0.25) is 5.02 Å². The van der Waals surface area contributed by atoms with Crippen LogP contribution in [0.25, 0.3) is 10.2 Å². The number of nitrogens with two attached hydrogens (primary N) is 1. The van der Waals surface area contributed by atoms with Crippen LogP contribution in [-0.4, -0.2) is 9.97 Å². The summed E-state index contributed by atoms with van der Waals surface area (Å²) in [5.74, 6) is 0. The highest BCUT2D eigenvalue weighted by atomic mass is 35.5. The van der Waals surface area contributed by atoms with Gasteiger partial charge in [0.2, 0.25) is 0 Å². The van der Waals surface area contributed by atoms with Crippen molar-refractivity contribution in [1.82, 2.24) is 9.97 Å². The van der Waals surface area contributed by atoms with Crippen molar-refractivity contribution < 1.29 is 0 Å². The first kappa shape index (κ1) is 12.5. The summed E-state index contributed by atoms with van der Waals surface area (Å²) in [5, 5.41) is 2.69. The summed E-state index contributed by atoms with van der Waals surface area (Å²) in [5.41, 5.74) is 9.30. The molecule has 5 heteroatoms. The Balaban J connectivity index is 1.87. The third-order valence-electron chi connectivity index (χ3n) is 3.05. The molecule has 0 bridgehead atoms. The Kier molecular flexibility index (Phi) is 3.46. The number of nitrogens with zero attached hydrogens (tertiary/aromatic N) is 2. The second kappa shape index (κ2) is 5.25. The van der Waals surface area contributed by atoms with E-state index in [0.29, 0.717) is 11.4 Å². The summed E-state index contributed by atoms with van der Waals surface area (Å²) in [6.07, 6.45) is 5.90. The first-order chi connectivity index (χ1) is 9.24. The second-order valence-electron chi connectivity index (χ2n) is 4.35. The number of hydrogen-bond acceptors (Lipinski definition) is 4. The lowest BCUT2D eigenvalue weighted by Gasteiger charge is -2.12. The van der Waals surface area contributed by atoms with Crippen LogP contribution in [0, 0.1) is 0 Å². The molecule has 3 aromatic heterocycles. The van der Waals surface area contributed by atoms with Crippen molar-refractivity contribution in [1.29, 1.82) is 0 Å². The summed E-state index contributed by atoms with van der Waals surface area (Å²) in [4.78, 5) is 8.39. The maximum absolute atomic E-state index is 6.24. The predicted octanol–water partition coefficient (Wildman–Crippen LogP) is 3.59. The van der Waals surface area contributed by atoms with Crippen LogP contribution in [0.15, 0.2) is 42.2 Å². The maximum atomic E-state index is 6.24. The van der Waals surface area contributed by atoms with Crippen LogP contribution >= 0.6 is 22.9 Å². The number of fused-ring (bicyclic) bond motifs is 1. The van der Waals surface area contributed by atoms with E-state index in [1.807, 2.05) is 23.7 Å². The molecule has 3 nitrogen and oxygen atoms in total. The smallest absolute Gasteiger partial charge is 0.0809 e. The number of hydrogen-bond donors (Lipinski definition) is 1. The third kappa shape index (κ3) is 2.61. The number of halogens is 1. The molecule has 19 heavy (non-hydrogen) atoms. The third-order valence-corrected chi connectivity index (χ3v) is 4.24. The molecule has 0 aliphatic rings. The highest BCUT2D eigenvalue weighted by molar-refractivity contribution is 7.17. The lowest BCUT2D eigenvalue weighted by molar-refractivity contribution is 0.719. The molecule has 0 aliphatic heterocycles. The van der Waals surface area contributed by atoms with Crippen molar-refractivity contribution in [3.8, 4) is 0 Å². The fourth-order valence-corrected chi connectivity index (χ4v) is 2.97. The maximum Gasteiger partial charge on any atom is 0.0809 e. The standard InChI is InChI=1S/C14H12ClN3S/c15-11-8-17-3-1-9(11)5-12(16)10-6-14-13(18-7-10)2-4-19-14/h1-4,6-8,12H,5,16H2. The molecule has 0 saturated carbocycles. The fourth-order valence-electron chi connectivity index (χ4n) is 1.99. The number of thiophene rings is 1. The minimum Gasteiger partial charge on any atom is -0.324 e. The van der Waals surface area contributed by atoms with Crippen LogP contribution in [0.3, 0.4) is 0 Å². The van der Waals surface area contributed by atoms with Crippen LogP contribution < -0.4 is 5.73 Å². The highest BCUT2D eigenvalue weighted by Crippen LogP contribution is 2.25. The zero-order chi connectivity index (χ0) is 13.2. The molecular weight excluding hydrogens is 278 g/mol. The molecule has 0 fully saturated rings. The highest BCUT2D eigenvalue weighted by Gasteiger charge is 2.11. The van der Waals surface area contributed by atoms with Gasteiger partial charge < -0.3 is 5.73 Å². The Morgan fingerprint density at radius 1 is 1.32 bits per heavy atom. The van der Waals surface area contributed by atoms with Gasteiger partial charge >= 0.3 is 0 Å². The van der Waals surface area contributed by atoms with Gasteiger partial charge in [-0.2, -0.15) is 0 Å². The van der Waals surface area contributed by atoms with Crippen molar-refractivity contribution in [3.63, 3.8) is 0 Å². The molecule has 1 atom stereocenters. The van der Waals surface area contributed by atoms with Crippen LogP contribution in [0.5, 0.6) is 0 Å². The molecule has 96 valence electrons. The summed E-state index contributed by atoms with van der Waals surface area (Å²) >= 11 is 7.78. The van der Waals surface area contributed by atoms with Crippen molar-refractivity contribution in [3.05, 3.63) is 58.3 Å². The summed E-state index contributed by atoms with van der Waals surface area (Å²) in [6, 6.07) is 5.90. The first-order valence-electron chi connectivity index (χ1n) is 5.91. The molecule has 0 amide bonds. The van der Waals surface area contributed by atoms with Crippen molar-refractivity contribution in [2.45, 2.75) is 12.5 Å². The molecule has 0 radical (unpaired) electrons. The van der Waals surface area contributed by atoms with E-state index in [-0.39, 0.29) is 6.04 Å². The Hall–Kier alpha value is -1.49. The van der Waals surface area contributed by atoms with E-state index in [9.17, 15) is 0 Å². The lowest BCUT2D eigenvalue weighted by Crippen LogP contribution is -2.13. The molecule has 3 aromatic rings. The zero-order valence-electron chi connectivity index (χ0n) is 10.1. The van der Waals surface area contributed by atoms with Gasteiger partial charge in [-0.25, -0.2) is 0 Å². The van der Waals surface area contributed by atoms with Gasteiger partial charge in [-0.05, 0) is 41.1 Å². The second-order valence-corrected chi connectivity index (χ2v) is 5.71. The average molecular weight is 290 g/mol. The van der Waals surface area contributed by atoms with Crippen LogP contribution in [-0.2, 0) is 6.42 Å². The number of pyridine rings is 2. The van der Waals surface area contributed by atoms with E-state index in [1.165, 1.54) is 0 Å². The lowest BCUT2D eigenvalue weighted by atomic mass is 10.0. The molecular formula is C14H12ClN3S. The van der Waals surface area contributed by atoms with E-state index < -0.39 is 0 Å². The largest absolute Gasteiger partial charge is 0.324 e. The van der Waals surface area contributed by atoms with Crippen molar-refractivity contribution in [2.24, 2.45) is 5.73 Å². The number of aromatic nitrogens is 2. The van der Waals surface area contributed by atoms with E-state index in [0.717, 1.165) is 21.3 Å². The summed E-state index contributed by atoms with van der Waals surface area (Å²) < 4.78 is 1.16. The van der Waals surface area contributed by atoms with Crippen LogP contribution in [0.1, 0.15) is 17.2 Å². The molecule has 3 rings (SSSR count). The molecule has 0 spiro atoms. The molecule has 2 N–H and O–H groups in total. The molecule has 1 unspecified atom stereocenters. The SMILES string of the molecule is NC(Cc1ccncc1Cl)c1cnc2ccsc2c1. The van der Waals surface area contributed by atoms with E-state index in [4.69, 9.17) is 17.3 Å². The van der Waals surface area contributed by atoms with E-state index >= 15 is 0 Å². The molecule has 0 aromatic carbocycles. The van der Waals surface area contributed by atoms with Gasteiger partial charge in [0.25, 0.3) is 0 Å². The molecule has 3 heterocycles. The summed E-state index contributed by atoms with van der Waals surface area (Å²) in [7, 11) is 0. The fraction of sp³-hybridized carbons (Fsp3) is 0.143. The van der Waals surface area contributed by atoms with E-state index in [1.54, 1.807) is 23.7 Å². The Bertz CT molecular complexity index is 710. The monoisotopic (exact) mass is 289 g/mol. The molecule has 0 saturated heterocycles. The van der Waals surface area contributed by atoms with E-state index in [2.05, 4.69) is 16.0 Å². The Morgan fingerprint density at radius 2 is 2.21 bits per heavy atom. The van der Waals surface area contributed by atoms with Gasteiger partial charge in [0.05, 0.1) is 15.2 Å². The van der Waals surface area contributed by atoms with Gasteiger partial charge in [0.15, 0.2) is 0 Å². The predicted molar refractivity (Wildman–Crippen MR) is 79.5 cm³/mol.